The van der Waals surface area contributed by atoms with Crippen LogP contribution in [0.15, 0.2) is 15.9 Å². The number of carbonyl (C=O) groups excluding carboxylic acids is 1. The molecule has 0 radical (unpaired) electrons. The summed E-state index contributed by atoms with van der Waals surface area (Å²) in [6.45, 7) is 2.93. The molecule has 6 heteroatoms. The molecule has 1 N–H and O–H groups in total. The summed E-state index contributed by atoms with van der Waals surface area (Å²) >= 11 is 4.93. The maximum absolute atomic E-state index is 12.3. The predicted molar refractivity (Wildman–Crippen MR) is 79.7 cm³/mol. The number of hydrogen-bond acceptors (Lipinski definition) is 3. The number of rotatable bonds is 1. The van der Waals surface area contributed by atoms with Crippen LogP contribution >= 0.6 is 39.7 Å². The highest BCUT2D eigenvalue weighted by molar-refractivity contribution is 9.11. The molecule has 0 aliphatic carbocycles. The number of amides is 1. The number of nitrogens with zero attached hydrogens (tertiary/aromatic N) is 1. The number of likely N-dealkylation sites (tertiary alicyclic amines) is 1. The Kier molecular flexibility index (Phi) is 4.69. The van der Waals surface area contributed by atoms with Crippen molar-refractivity contribution in [2.75, 3.05) is 19.6 Å². The summed E-state index contributed by atoms with van der Waals surface area (Å²) in [7, 11) is 0. The molecule has 3 rings (SSSR count). The van der Waals surface area contributed by atoms with Gasteiger partial charge in [0.25, 0.3) is 5.91 Å². The monoisotopic (exact) mass is 350 g/mol. The van der Waals surface area contributed by atoms with Gasteiger partial charge in [-0.2, -0.15) is 0 Å². The molecule has 2 aliphatic heterocycles. The average Bonchev–Trinajstić information content (AvgIpc) is 2.95. The van der Waals surface area contributed by atoms with Crippen molar-refractivity contribution in [3.63, 3.8) is 0 Å². The molecule has 3 nitrogen and oxygen atoms in total. The van der Waals surface area contributed by atoms with E-state index < -0.39 is 0 Å². The molecular formula is C12H16BrClN2OS. The van der Waals surface area contributed by atoms with Gasteiger partial charge in [0.05, 0.1) is 8.66 Å². The van der Waals surface area contributed by atoms with E-state index in [1.165, 1.54) is 17.8 Å². The van der Waals surface area contributed by atoms with Gasteiger partial charge >= 0.3 is 0 Å². The maximum atomic E-state index is 12.3. The molecule has 1 aromatic rings. The van der Waals surface area contributed by atoms with Crippen molar-refractivity contribution >= 4 is 45.6 Å². The van der Waals surface area contributed by atoms with Crippen LogP contribution < -0.4 is 5.32 Å². The second kappa shape index (κ2) is 5.90. The first-order chi connectivity index (χ1) is 8.24. The number of piperidine rings is 1. The standard InChI is InChI=1S/C12H15BrN2OS.ClH/c13-11-2-1-10(17-11)12(16)15-6-4-9-8(7-15)3-5-14-9;/h1-2,8-9,14H,3-7H2;1H. The first-order valence-corrected chi connectivity index (χ1v) is 7.63. The van der Waals surface area contributed by atoms with Gasteiger partial charge in [0.2, 0.25) is 0 Å². The van der Waals surface area contributed by atoms with Crippen LogP contribution in [0.4, 0.5) is 0 Å². The molecule has 3 heterocycles. The third kappa shape index (κ3) is 2.74. The first-order valence-electron chi connectivity index (χ1n) is 6.02. The minimum absolute atomic E-state index is 0. The van der Waals surface area contributed by atoms with Gasteiger partial charge in [-0.15, -0.1) is 23.7 Å². The Morgan fingerprint density at radius 1 is 1.44 bits per heavy atom. The SMILES string of the molecule is Cl.O=C(c1ccc(Br)s1)N1CCC2NCCC2C1. The largest absolute Gasteiger partial charge is 0.338 e. The van der Waals surface area contributed by atoms with Crippen LogP contribution in [0.25, 0.3) is 0 Å². The van der Waals surface area contributed by atoms with Crippen LogP contribution in [0.3, 0.4) is 0 Å². The maximum Gasteiger partial charge on any atom is 0.263 e. The summed E-state index contributed by atoms with van der Waals surface area (Å²) in [6.07, 6.45) is 2.31. The molecule has 0 spiro atoms. The molecule has 1 amide bonds. The lowest BCUT2D eigenvalue weighted by Crippen LogP contribution is -2.46. The third-order valence-electron chi connectivity index (χ3n) is 3.73. The smallest absolute Gasteiger partial charge is 0.263 e. The normalized spacial score (nSPS) is 26.6. The molecule has 1 aromatic heterocycles. The number of hydrogen-bond donors (Lipinski definition) is 1. The van der Waals surface area contributed by atoms with Crippen molar-refractivity contribution in [3.8, 4) is 0 Å². The van der Waals surface area contributed by atoms with Gasteiger partial charge in [0.1, 0.15) is 0 Å². The fraction of sp³-hybridized carbons (Fsp3) is 0.583. The zero-order valence-corrected chi connectivity index (χ0v) is 13.1. The van der Waals surface area contributed by atoms with Crippen molar-refractivity contribution in [1.29, 1.82) is 0 Å². The summed E-state index contributed by atoms with van der Waals surface area (Å²) in [5.41, 5.74) is 0. The molecule has 2 fully saturated rings. The Labute approximate surface area is 125 Å². The number of fused-ring (bicyclic) bond motifs is 1. The molecule has 18 heavy (non-hydrogen) atoms. The third-order valence-corrected chi connectivity index (χ3v) is 5.34. The van der Waals surface area contributed by atoms with Crippen LogP contribution in [0.2, 0.25) is 0 Å². The highest BCUT2D eigenvalue weighted by atomic mass is 79.9. The van der Waals surface area contributed by atoms with Crippen molar-refractivity contribution in [1.82, 2.24) is 10.2 Å². The second-order valence-corrected chi connectivity index (χ2v) is 7.22. The minimum Gasteiger partial charge on any atom is -0.338 e. The highest BCUT2D eigenvalue weighted by Gasteiger charge is 2.34. The Morgan fingerprint density at radius 2 is 2.28 bits per heavy atom. The average molecular weight is 352 g/mol. The van der Waals surface area contributed by atoms with Gasteiger partial charge < -0.3 is 10.2 Å². The van der Waals surface area contributed by atoms with E-state index in [1.807, 2.05) is 17.0 Å². The van der Waals surface area contributed by atoms with Gasteiger partial charge in [-0.05, 0) is 53.4 Å². The van der Waals surface area contributed by atoms with Gasteiger partial charge in [0, 0.05) is 19.1 Å². The zero-order valence-electron chi connectivity index (χ0n) is 9.89. The van der Waals surface area contributed by atoms with E-state index >= 15 is 0 Å². The molecule has 2 aliphatic rings. The van der Waals surface area contributed by atoms with Gasteiger partial charge in [-0.25, -0.2) is 0 Å². The zero-order chi connectivity index (χ0) is 11.8. The van der Waals surface area contributed by atoms with E-state index in [-0.39, 0.29) is 18.3 Å². The quantitative estimate of drug-likeness (QED) is 0.844. The lowest BCUT2D eigenvalue weighted by molar-refractivity contribution is 0.0667. The number of carbonyl (C=O) groups is 1. The lowest BCUT2D eigenvalue weighted by atomic mass is 9.93. The summed E-state index contributed by atoms with van der Waals surface area (Å²) in [4.78, 5) is 15.2. The Balaban J connectivity index is 0.00000120. The molecule has 2 unspecified atom stereocenters. The first kappa shape index (κ1) is 14.3. The van der Waals surface area contributed by atoms with Crippen LogP contribution in [0.1, 0.15) is 22.5 Å². The predicted octanol–water partition coefficient (Wildman–Crippen LogP) is 2.76. The number of nitrogens with one attached hydrogen (secondary N) is 1. The van der Waals surface area contributed by atoms with E-state index in [9.17, 15) is 4.79 Å². The summed E-state index contributed by atoms with van der Waals surface area (Å²) in [5, 5.41) is 3.52. The summed E-state index contributed by atoms with van der Waals surface area (Å²) < 4.78 is 1.03. The summed E-state index contributed by atoms with van der Waals surface area (Å²) in [5.74, 6) is 0.863. The minimum atomic E-state index is 0. The second-order valence-electron chi connectivity index (χ2n) is 4.75. The van der Waals surface area contributed by atoms with Crippen molar-refractivity contribution in [2.24, 2.45) is 5.92 Å². The van der Waals surface area contributed by atoms with Gasteiger partial charge in [-0.3, -0.25) is 4.79 Å². The van der Waals surface area contributed by atoms with E-state index in [0.717, 1.165) is 34.7 Å². The van der Waals surface area contributed by atoms with E-state index in [4.69, 9.17) is 0 Å². The van der Waals surface area contributed by atoms with Crippen molar-refractivity contribution < 1.29 is 4.79 Å². The van der Waals surface area contributed by atoms with Crippen LogP contribution in [0, 0.1) is 5.92 Å². The molecule has 0 bridgehead atoms. The lowest BCUT2D eigenvalue weighted by Gasteiger charge is -2.34. The molecule has 0 aromatic carbocycles. The molecule has 2 atom stereocenters. The molecule has 0 saturated carbocycles. The van der Waals surface area contributed by atoms with E-state index in [1.54, 1.807) is 0 Å². The summed E-state index contributed by atoms with van der Waals surface area (Å²) in [6, 6.07) is 4.51. The molecule has 100 valence electrons. The number of thiophene rings is 1. The van der Waals surface area contributed by atoms with E-state index in [2.05, 4.69) is 21.2 Å². The Morgan fingerprint density at radius 3 is 3.00 bits per heavy atom. The molecule has 2 saturated heterocycles. The van der Waals surface area contributed by atoms with Crippen LogP contribution in [-0.4, -0.2) is 36.5 Å². The molecular weight excluding hydrogens is 336 g/mol. The fourth-order valence-electron chi connectivity index (χ4n) is 2.82. The Hall–Kier alpha value is -0.100. The fourth-order valence-corrected chi connectivity index (χ4v) is 4.17. The Bertz CT molecular complexity index is 439. The van der Waals surface area contributed by atoms with Crippen molar-refractivity contribution in [3.05, 3.63) is 20.8 Å². The van der Waals surface area contributed by atoms with E-state index in [0.29, 0.717) is 12.0 Å². The number of halogens is 2. The highest BCUT2D eigenvalue weighted by Crippen LogP contribution is 2.28. The van der Waals surface area contributed by atoms with Crippen LogP contribution in [-0.2, 0) is 0 Å². The van der Waals surface area contributed by atoms with Gasteiger partial charge in [-0.1, -0.05) is 0 Å². The van der Waals surface area contributed by atoms with Crippen molar-refractivity contribution in [2.45, 2.75) is 18.9 Å². The van der Waals surface area contributed by atoms with Crippen LogP contribution in [0.5, 0.6) is 0 Å². The topological polar surface area (TPSA) is 32.3 Å². The van der Waals surface area contributed by atoms with Gasteiger partial charge in [0.15, 0.2) is 0 Å².